The maximum absolute atomic E-state index is 12.8. The smallest absolute Gasteiger partial charge is 0.274 e. The molecule has 0 radical (unpaired) electrons. The van der Waals surface area contributed by atoms with Crippen LogP contribution in [0.3, 0.4) is 0 Å². The number of nitrogens with zero attached hydrogens (tertiary/aromatic N) is 3. The van der Waals surface area contributed by atoms with Crippen LogP contribution in [0.5, 0.6) is 0 Å². The molecule has 1 aliphatic rings. The van der Waals surface area contributed by atoms with Crippen LogP contribution >= 0.6 is 11.3 Å². The van der Waals surface area contributed by atoms with Gasteiger partial charge in [0.1, 0.15) is 5.01 Å². The second-order valence-corrected chi connectivity index (χ2v) is 8.18. The van der Waals surface area contributed by atoms with Gasteiger partial charge in [0.05, 0.1) is 16.3 Å². The van der Waals surface area contributed by atoms with Gasteiger partial charge in [-0.05, 0) is 38.8 Å². The fraction of sp³-hybridized carbons (Fsp3) is 0.381. The van der Waals surface area contributed by atoms with Crippen molar-refractivity contribution in [2.24, 2.45) is 0 Å². The predicted octanol–water partition coefficient (Wildman–Crippen LogP) is 4.83. The van der Waals surface area contributed by atoms with E-state index in [9.17, 15) is 4.79 Å². The largest absolute Gasteiger partial charge is 0.337 e. The molecular formula is C21H24N4OS. The van der Waals surface area contributed by atoms with Gasteiger partial charge in [-0.15, -0.1) is 11.3 Å². The fourth-order valence-electron chi connectivity index (χ4n) is 3.53. The van der Waals surface area contributed by atoms with Crippen LogP contribution in [0, 0.1) is 13.8 Å². The molecule has 1 amide bonds. The van der Waals surface area contributed by atoms with Gasteiger partial charge in [0.25, 0.3) is 5.91 Å². The molecule has 0 spiro atoms. The molecule has 2 aromatic heterocycles. The zero-order chi connectivity index (χ0) is 18.8. The van der Waals surface area contributed by atoms with Crippen molar-refractivity contribution >= 4 is 17.2 Å². The molecule has 1 saturated heterocycles. The summed E-state index contributed by atoms with van der Waals surface area (Å²) in [5.41, 5.74) is 4.65. The van der Waals surface area contributed by atoms with Gasteiger partial charge < -0.3 is 4.90 Å². The van der Waals surface area contributed by atoms with E-state index in [1.807, 2.05) is 17.9 Å². The minimum absolute atomic E-state index is 0.0282. The maximum atomic E-state index is 12.8. The Kier molecular flexibility index (Phi) is 5.07. The second-order valence-electron chi connectivity index (χ2n) is 7.18. The van der Waals surface area contributed by atoms with Gasteiger partial charge in [0.15, 0.2) is 5.69 Å². The van der Waals surface area contributed by atoms with E-state index in [-0.39, 0.29) is 5.91 Å². The molecule has 6 heteroatoms. The van der Waals surface area contributed by atoms with Crippen LogP contribution in [-0.4, -0.2) is 39.1 Å². The molecule has 4 rings (SSSR count). The van der Waals surface area contributed by atoms with E-state index < -0.39 is 0 Å². The van der Waals surface area contributed by atoms with Gasteiger partial charge in [-0.3, -0.25) is 9.89 Å². The molecule has 5 nitrogen and oxygen atoms in total. The molecule has 0 saturated carbocycles. The predicted molar refractivity (Wildman–Crippen MR) is 109 cm³/mol. The summed E-state index contributed by atoms with van der Waals surface area (Å²) in [4.78, 5) is 20.5. The Bertz CT molecular complexity index is 951. The minimum Gasteiger partial charge on any atom is -0.337 e. The summed E-state index contributed by atoms with van der Waals surface area (Å²) in [6.07, 6.45) is 4.57. The lowest BCUT2D eigenvalue weighted by Gasteiger charge is -2.18. The highest BCUT2D eigenvalue weighted by molar-refractivity contribution is 7.18. The number of carbonyl (C=O) groups excluding carboxylic acids is 1. The molecule has 1 N–H and O–H groups in total. The summed E-state index contributed by atoms with van der Waals surface area (Å²) in [5.74, 6) is 0.0282. The molecule has 0 unspecified atom stereocenters. The average Bonchev–Trinajstić information content (AvgIpc) is 3.19. The van der Waals surface area contributed by atoms with Crippen LogP contribution in [0.1, 0.15) is 47.4 Å². The number of H-pyrrole nitrogens is 1. The Labute approximate surface area is 163 Å². The van der Waals surface area contributed by atoms with Crippen molar-refractivity contribution < 1.29 is 4.79 Å². The Morgan fingerprint density at radius 3 is 2.63 bits per heavy atom. The third-order valence-electron chi connectivity index (χ3n) is 5.00. The number of amides is 1. The highest BCUT2D eigenvalue weighted by Crippen LogP contribution is 2.34. The van der Waals surface area contributed by atoms with Crippen molar-refractivity contribution in [3.8, 4) is 21.1 Å². The number of likely N-dealkylation sites (tertiary alicyclic amines) is 1. The molecule has 1 fully saturated rings. The molecule has 0 aliphatic carbocycles. The summed E-state index contributed by atoms with van der Waals surface area (Å²) >= 11 is 1.63. The zero-order valence-electron chi connectivity index (χ0n) is 15.8. The van der Waals surface area contributed by atoms with Crippen molar-refractivity contribution in [1.29, 1.82) is 0 Å². The van der Waals surface area contributed by atoms with Crippen LogP contribution < -0.4 is 0 Å². The average molecular weight is 381 g/mol. The molecule has 0 bridgehead atoms. The SMILES string of the molecule is Cc1cccc(-c2nc(C)c(-c3cc(C(=O)N4CCCCCC4)n[nH]3)s2)c1. The molecule has 3 heterocycles. The number of aromatic amines is 1. The Balaban J connectivity index is 1.59. The molecule has 140 valence electrons. The van der Waals surface area contributed by atoms with Crippen LogP contribution in [0.2, 0.25) is 0 Å². The van der Waals surface area contributed by atoms with E-state index >= 15 is 0 Å². The third-order valence-corrected chi connectivity index (χ3v) is 6.24. The summed E-state index contributed by atoms with van der Waals surface area (Å²) in [6.45, 7) is 5.75. The Morgan fingerprint density at radius 1 is 1.11 bits per heavy atom. The van der Waals surface area contributed by atoms with Crippen LogP contribution in [-0.2, 0) is 0 Å². The standard InChI is InChI=1S/C21H24N4OS/c1-14-8-7-9-16(12-14)20-22-15(2)19(27-20)17-13-18(24-23-17)21(26)25-10-5-3-4-6-11-25/h7-9,12-13H,3-6,10-11H2,1-2H3,(H,23,24). The fourth-order valence-corrected chi connectivity index (χ4v) is 4.56. The molecule has 1 aliphatic heterocycles. The van der Waals surface area contributed by atoms with Crippen LogP contribution in [0.25, 0.3) is 21.1 Å². The maximum Gasteiger partial charge on any atom is 0.274 e. The van der Waals surface area contributed by atoms with Crippen molar-refractivity contribution in [1.82, 2.24) is 20.1 Å². The summed E-state index contributed by atoms with van der Waals surface area (Å²) < 4.78 is 0. The molecule has 3 aromatic rings. The highest BCUT2D eigenvalue weighted by atomic mass is 32.1. The van der Waals surface area contributed by atoms with E-state index in [2.05, 4.69) is 41.4 Å². The monoisotopic (exact) mass is 380 g/mol. The number of hydrogen-bond donors (Lipinski definition) is 1. The van der Waals surface area contributed by atoms with E-state index in [4.69, 9.17) is 4.98 Å². The molecule has 1 aromatic carbocycles. The van der Waals surface area contributed by atoms with Crippen molar-refractivity contribution in [3.63, 3.8) is 0 Å². The van der Waals surface area contributed by atoms with E-state index in [0.717, 1.165) is 52.8 Å². The van der Waals surface area contributed by atoms with Gasteiger partial charge >= 0.3 is 0 Å². The quantitative estimate of drug-likeness (QED) is 0.708. The first-order valence-electron chi connectivity index (χ1n) is 9.51. The zero-order valence-corrected chi connectivity index (χ0v) is 16.6. The number of hydrogen-bond acceptors (Lipinski definition) is 4. The first kappa shape index (κ1) is 17.9. The number of carbonyl (C=O) groups is 1. The van der Waals surface area contributed by atoms with Gasteiger partial charge in [-0.25, -0.2) is 4.98 Å². The van der Waals surface area contributed by atoms with Crippen molar-refractivity contribution in [2.45, 2.75) is 39.5 Å². The van der Waals surface area contributed by atoms with Crippen LogP contribution in [0.15, 0.2) is 30.3 Å². The third kappa shape index (κ3) is 3.81. The first-order chi connectivity index (χ1) is 13.1. The van der Waals surface area contributed by atoms with Gasteiger partial charge in [-0.1, -0.05) is 36.6 Å². The van der Waals surface area contributed by atoms with Gasteiger partial charge in [-0.2, -0.15) is 5.10 Å². The molecule has 27 heavy (non-hydrogen) atoms. The van der Waals surface area contributed by atoms with E-state index in [0.29, 0.717) is 5.69 Å². The lowest BCUT2D eigenvalue weighted by atomic mass is 10.1. The number of nitrogens with one attached hydrogen (secondary N) is 1. The second kappa shape index (κ2) is 7.64. The number of benzene rings is 1. The van der Waals surface area contributed by atoms with E-state index in [1.54, 1.807) is 11.3 Å². The Hall–Kier alpha value is -2.47. The topological polar surface area (TPSA) is 61.9 Å². The molecular weight excluding hydrogens is 356 g/mol. The Morgan fingerprint density at radius 2 is 1.89 bits per heavy atom. The lowest BCUT2D eigenvalue weighted by Crippen LogP contribution is -2.32. The normalized spacial score (nSPS) is 15.0. The lowest BCUT2D eigenvalue weighted by molar-refractivity contribution is 0.0755. The first-order valence-corrected chi connectivity index (χ1v) is 10.3. The van der Waals surface area contributed by atoms with Crippen molar-refractivity contribution in [3.05, 3.63) is 47.3 Å². The number of rotatable bonds is 3. The summed E-state index contributed by atoms with van der Waals surface area (Å²) in [5, 5.41) is 8.33. The summed E-state index contributed by atoms with van der Waals surface area (Å²) in [7, 11) is 0. The van der Waals surface area contributed by atoms with Crippen molar-refractivity contribution in [2.75, 3.05) is 13.1 Å². The minimum atomic E-state index is 0.0282. The van der Waals surface area contributed by atoms with Gasteiger partial charge in [0, 0.05) is 18.7 Å². The number of aryl methyl sites for hydroxylation is 2. The highest BCUT2D eigenvalue weighted by Gasteiger charge is 2.21. The van der Waals surface area contributed by atoms with E-state index in [1.165, 1.54) is 18.4 Å². The van der Waals surface area contributed by atoms with Crippen LogP contribution in [0.4, 0.5) is 0 Å². The number of thiazole rings is 1. The van der Waals surface area contributed by atoms with Gasteiger partial charge in [0.2, 0.25) is 0 Å². The molecule has 0 atom stereocenters. The number of aromatic nitrogens is 3. The summed E-state index contributed by atoms with van der Waals surface area (Å²) in [6, 6.07) is 10.2.